The molecule has 0 aliphatic carbocycles. The molecule has 0 saturated heterocycles. The van der Waals surface area contributed by atoms with Gasteiger partial charge in [-0.05, 0) is 25.0 Å². The molecule has 1 N–H and O–H groups in total. The highest BCUT2D eigenvalue weighted by Crippen LogP contribution is 2.16. The fraction of sp³-hybridized carbons (Fsp3) is 0.500. The molecule has 20 heavy (non-hydrogen) atoms. The Balaban J connectivity index is 2.64. The first-order valence-electron chi connectivity index (χ1n) is 6.82. The minimum Gasteiger partial charge on any atom is -0.451 e. The zero-order valence-electron chi connectivity index (χ0n) is 12.4. The van der Waals surface area contributed by atoms with Crippen LogP contribution in [-0.2, 0) is 9.53 Å². The third-order valence-corrected chi connectivity index (χ3v) is 3.34. The minimum atomic E-state index is -0.869. The van der Waals surface area contributed by atoms with Gasteiger partial charge in [-0.1, -0.05) is 39.0 Å². The number of rotatable bonds is 6. The molecule has 0 fully saturated rings. The van der Waals surface area contributed by atoms with Crippen LogP contribution in [-0.4, -0.2) is 29.1 Å². The van der Waals surface area contributed by atoms with E-state index in [1.165, 1.54) is 6.92 Å². The number of hydrogen-bond donors (Lipinski definition) is 1. The minimum absolute atomic E-state index is 0.0222. The van der Waals surface area contributed by atoms with Gasteiger partial charge in [0.25, 0.3) is 0 Å². The molecule has 0 radical (unpaired) electrons. The van der Waals surface area contributed by atoms with Crippen LogP contribution in [0.15, 0.2) is 30.3 Å². The van der Waals surface area contributed by atoms with Crippen molar-refractivity contribution in [3.8, 4) is 0 Å². The average Bonchev–Trinajstić information content (AvgIpc) is 2.45. The van der Waals surface area contributed by atoms with Crippen molar-refractivity contribution in [1.29, 1.82) is 0 Å². The van der Waals surface area contributed by atoms with Gasteiger partial charge in [-0.25, -0.2) is 4.79 Å². The molecule has 0 aromatic heterocycles. The van der Waals surface area contributed by atoms with Gasteiger partial charge in [0.15, 0.2) is 11.9 Å². The molecule has 3 atom stereocenters. The van der Waals surface area contributed by atoms with Crippen molar-refractivity contribution in [2.75, 3.05) is 0 Å². The quantitative estimate of drug-likeness (QED) is 0.812. The van der Waals surface area contributed by atoms with E-state index in [4.69, 9.17) is 4.74 Å². The van der Waals surface area contributed by atoms with Crippen molar-refractivity contribution in [2.24, 2.45) is 11.8 Å². The van der Waals surface area contributed by atoms with Gasteiger partial charge in [-0.15, -0.1) is 0 Å². The van der Waals surface area contributed by atoms with Gasteiger partial charge in [-0.2, -0.15) is 0 Å². The van der Waals surface area contributed by atoms with E-state index < -0.39 is 24.1 Å². The van der Waals surface area contributed by atoms with E-state index in [1.54, 1.807) is 37.3 Å². The predicted molar refractivity (Wildman–Crippen MR) is 76.3 cm³/mol. The Bertz CT molecular complexity index is 453. The molecule has 0 saturated carbocycles. The number of carbonyl (C=O) groups is 2. The number of aliphatic hydroxyl groups is 1. The second-order valence-corrected chi connectivity index (χ2v) is 5.34. The van der Waals surface area contributed by atoms with E-state index in [-0.39, 0.29) is 11.7 Å². The third-order valence-electron chi connectivity index (χ3n) is 3.34. The van der Waals surface area contributed by atoms with E-state index >= 15 is 0 Å². The highest BCUT2D eigenvalue weighted by molar-refractivity contribution is 5.93. The Morgan fingerprint density at radius 3 is 2.10 bits per heavy atom. The first-order valence-corrected chi connectivity index (χ1v) is 6.82. The summed E-state index contributed by atoms with van der Waals surface area (Å²) in [6.45, 7) is 6.87. The van der Waals surface area contributed by atoms with Crippen LogP contribution in [0.25, 0.3) is 0 Å². The standard InChI is InChI=1S/C16H22O4/c1-10(2)14(17)11(3)15(18)12(4)20-16(19)13-8-6-5-7-9-13/h5-12,14,17H,1-4H3/t11-,12+,14-/m1/s1. The van der Waals surface area contributed by atoms with Crippen LogP contribution in [0.3, 0.4) is 0 Å². The molecule has 1 aromatic rings. The molecule has 0 heterocycles. The lowest BCUT2D eigenvalue weighted by Crippen LogP contribution is -2.37. The third kappa shape index (κ3) is 4.17. The number of Topliss-reactive ketones (excluding diaryl/α,β-unsaturated/α-hetero) is 1. The lowest BCUT2D eigenvalue weighted by Gasteiger charge is -2.23. The number of ketones is 1. The molecule has 110 valence electrons. The maximum Gasteiger partial charge on any atom is 0.338 e. The Hall–Kier alpha value is -1.68. The molecule has 0 bridgehead atoms. The van der Waals surface area contributed by atoms with Gasteiger partial charge < -0.3 is 9.84 Å². The molecular formula is C16H22O4. The molecule has 0 amide bonds. The number of benzene rings is 1. The summed E-state index contributed by atoms with van der Waals surface area (Å²) < 4.78 is 5.15. The SMILES string of the molecule is CC(C)[C@@H](O)[C@@H](C)C(=O)[C@H](C)OC(=O)c1ccccc1. The van der Waals surface area contributed by atoms with Gasteiger partial charge in [0, 0.05) is 5.92 Å². The topological polar surface area (TPSA) is 63.6 Å². The number of aliphatic hydroxyl groups excluding tert-OH is 1. The van der Waals surface area contributed by atoms with Gasteiger partial charge in [0.1, 0.15) is 0 Å². The second-order valence-electron chi connectivity index (χ2n) is 5.34. The van der Waals surface area contributed by atoms with E-state index in [1.807, 2.05) is 13.8 Å². The molecule has 4 heteroatoms. The summed E-state index contributed by atoms with van der Waals surface area (Å²) in [5, 5.41) is 9.90. The summed E-state index contributed by atoms with van der Waals surface area (Å²) in [5.41, 5.74) is 0.407. The van der Waals surface area contributed by atoms with Gasteiger partial charge >= 0.3 is 5.97 Å². The highest BCUT2D eigenvalue weighted by atomic mass is 16.5. The van der Waals surface area contributed by atoms with Crippen molar-refractivity contribution in [3.05, 3.63) is 35.9 Å². The van der Waals surface area contributed by atoms with E-state index in [0.29, 0.717) is 5.56 Å². The van der Waals surface area contributed by atoms with Crippen LogP contribution in [0.1, 0.15) is 38.1 Å². The summed E-state index contributed by atoms with van der Waals surface area (Å²) in [4.78, 5) is 24.0. The summed E-state index contributed by atoms with van der Waals surface area (Å²) in [7, 11) is 0. The molecule has 1 aromatic carbocycles. The molecule has 0 unspecified atom stereocenters. The van der Waals surface area contributed by atoms with Gasteiger partial charge in [0.2, 0.25) is 0 Å². The summed E-state index contributed by atoms with van der Waals surface area (Å²) in [6.07, 6.45) is -1.61. The number of carbonyl (C=O) groups excluding carboxylic acids is 2. The summed E-state index contributed by atoms with van der Waals surface area (Å²) >= 11 is 0. The summed E-state index contributed by atoms with van der Waals surface area (Å²) in [5.74, 6) is -1.38. The molecule has 0 spiro atoms. The maximum absolute atomic E-state index is 12.1. The first kappa shape index (κ1) is 16.4. The fourth-order valence-electron chi connectivity index (χ4n) is 1.98. The number of hydrogen-bond acceptors (Lipinski definition) is 4. The van der Waals surface area contributed by atoms with Crippen molar-refractivity contribution in [2.45, 2.75) is 39.9 Å². The number of esters is 1. The van der Waals surface area contributed by atoms with Crippen LogP contribution in [0.2, 0.25) is 0 Å². The number of ether oxygens (including phenoxy) is 1. The lowest BCUT2D eigenvalue weighted by molar-refractivity contribution is -0.134. The van der Waals surface area contributed by atoms with Crippen LogP contribution in [0, 0.1) is 11.8 Å². The molecule has 0 aliphatic rings. The average molecular weight is 278 g/mol. The largest absolute Gasteiger partial charge is 0.451 e. The van der Waals surface area contributed by atoms with Crippen LogP contribution in [0.5, 0.6) is 0 Å². The van der Waals surface area contributed by atoms with Crippen LogP contribution in [0.4, 0.5) is 0 Å². The molecule has 1 rings (SSSR count). The Morgan fingerprint density at radius 2 is 1.60 bits per heavy atom. The van der Waals surface area contributed by atoms with E-state index in [2.05, 4.69) is 0 Å². The Kier molecular flexibility index (Phi) is 5.89. The lowest BCUT2D eigenvalue weighted by atomic mass is 9.89. The van der Waals surface area contributed by atoms with Crippen molar-refractivity contribution in [1.82, 2.24) is 0 Å². The van der Waals surface area contributed by atoms with Gasteiger partial charge in [-0.3, -0.25) is 4.79 Å². The van der Waals surface area contributed by atoms with Crippen molar-refractivity contribution < 1.29 is 19.4 Å². The van der Waals surface area contributed by atoms with Crippen molar-refractivity contribution in [3.63, 3.8) is 0 Å². The highest BCUT2D eigenvalue weighted by Gasteiger charge is 2.30. The second kappa shape index (κ2) is 7.20. The van der Waals surface area contributed by atoms with Crippen LogP contribution < -0.4 is 0 Å². The van der Waals surface area contributed by atoms with Gasteiger partial charge in [0.05, 0.1) is 11.7 Å². The molecular weight excluding hydrogens is 256 g/mol. The zero-order valence-corrected chi connectivity index (χ0v) is 12.4. The fourth-order valence-corrected chi connectivity index (χ4v) is 1.98. The summed E-state index contributed by atoms with van der Waals surface area (Å²) in [6, 6.07) is 8.52. The van der Waals surface area contributed by atoms with Crippen LogP contribution >= 0.6 is 0 Å². The maximum atomic E-state index is 12.1. The smallest absolute Gasteiger partial charge is 0.338 e. The Labute approximate surface area is 119 Å². The predicted octanol–water partition coefficient (Wildman–Crippen LogP) is 2.45. The van der Waals surface area contributed by atoms with Crippen molar-refractivity contribution >= 4 is 11.8 Å². The zero-order chi connectivity index (χ0) is 15.3. The normalized spacial score (nSPS) is 15.5. The first-order chi connectivity index (χ1) is 9.34. The van der Waals surface area contributed by atoms with E-state index in [0.717, 1.165) is 0 Å². The van der Waals surface area contributed by atoms with E-state index in [9.17, 15) is 14.7 Å². The molecule has 0 aliphatic heterocycles. The Morgan fingerprint density at radius 1 is 1.05 bits per heavy atom. The molecule has 4 nitrogen and oxygen atoms in total. The monoisotopic (exact) mass is 278 g/mol.